The van der Waals surface area contributed by atoms with Crippen LogP contribution in [0.5, 0.6) is 0 Å². The van der Waals surface area contributed by atoms with Gasteiger partial charge in [-0.1, -0.05) is 13.8 Å². The van der Waals surface area contributed by atoms with Gasteiger partial charge in [-0.2, -0.15) is 13.2 Å². The second-order valence-corrected chi connectivity index (χ2v) is 7.29. The van der Waals surface area contributed by atoms with E-state index in [0.29, 0.717) is 12.2 Å². The van der Waals surface area contributed by atoms with Crippen LogP contribution >= 0.6 is 0 Å². The molecular weight excluding hydrogens is 339 g/mol. The predicted molar refractivity (Wildman–Crippen MR) is 85.2 cm³/mol. The first-order valence-corrected chi connectivity index (χ1v) is 8.20. The first kappa shape index (κ1) is 19.6. The van der Waals surface area contributed by atoms with Crippen molar-refractivity contribution >= 4 is 5.91 Å². The molecule has 1 aromatic heterocycles. The van der Waals surface area contributed by atoms with Crippen LogP contribution in [0.3, 0.4) is 0 Å². The van der Waals surface area contributed by atoms with Crippen LogP contribution in [-0.2, 0) is 22.5 Å². The van der Waals surface area contributed by atoms with E-state index in [2.05, 4.69) is 5.10 Å². The van der Waals surface area contributed by atoms with Crippen LogP contribution < -0.4 is 5.56 Å². The van der Waals surface area contributed by atoms with Crippen LogP contribution in [-0.4, -0.2) is 51.6 Å². The van der Waals surface area contributed by atoms with E-state index in [-0.39, 0.29) is 31.0 Å². The number of rotatable bonds is 4. The third kappa shape index (κ3) is 4.26. The second-order valence-electron chi connectivity index (χ2n) is 7.29. The molecule has 0 radical (unpaired) electrons. The van der Waals surface area contributed by atoms with E-state index >= 15 is 0 Å². The minimum absolute atomic E-state index is 0.0787. The molecule has 142 valence electrons. The summed E-state index contributed by atoms with van der Waals surface area (Å²) in [6, 6.07) is 1.31. The molecule has 0 aliphatic carbocycles. The third-order valence-corrected chi connectivity index (χ3v) is 4.27. The molecule has 2 rings (SSSR count). The summed E-state index contributed by atoms with van der Waals surface area (Å²) in [5.74, 6) is -0.230. The van der Waals surface area contributed by atoms with E-state index in [0.717, 1.165) is 0 Å². The lowest BCUT2D eigenvalue weighted by atomic mass is 9.92. The lowest BCUT2D eigenvalue weighted by Crippen LogP contribution is -2.65. The van der Waals surface area contributed by atoms with Crippen LogP contribution in [0.4, 0.5) is 13.2 Å². The Hall–Kier alpha value is -1.77. The zero-order valence-electron chi connectivity index (χ0n) is 14.8. The van der Waals surface area contributed by atoms with Crippen molar-refractivity contribution in [3.63, 3.8) is 0 Å². The van der Waals surface area contributed by atoms with Crippen molar-refractivity contribution in [2.75, 3.05) is 13.2 Å². The highest BCUT2D eigenvalue weighted by atomic mass is 19.4. The largest absolute Gasteiger partial charge is 0.416 e. The van der Waals surface area contributed by atoms with Crippen molar-refractivity contribution in [1.29, 1.82) is 0 Å². The lowest BCUT2D eigenvalue weighted by molar-refractivity contribution is -0.268. The molecule has 0 spiro atoms. The number of morpholine rings is 1. The minimum atomic E-state index is -4.56. The Labute approximate surface area is 143 Å². The molecule has 1 amide bonds. The summed E-state index contributed by atoms with van der Waals surface area (Å²) in [4.78, 5) is 25.6. The van der Waals surface area contributed by atoms with E-state index in [1.807, 2.05) is 13.8 Å². The Bertz CT molecular complexity index is 676. The number of carbonyl (C=O) groups excluding carboxylic acids is 1. The van der Waals surface area contributed by atoms with Gasteiger partial charge in [0.2, 0.25) is 5.91 Å². The maximum atomic E-state index is 13.2. The topological polar surface area (TPSA) is 67.3 Å². The molecule has 1 aliphatic heterocycles. The smallest absolute Gasteiger partial charge is 0.364 e. The van der Waals surface area contributed by atoms with Crippen LogP contribution in [0.1, 0.15) is 33.4 Å². The molecule has 1 aromatic rings. The predicted octanol–water partition coefficient (Wildman–Crippen LogP) is 1.94. The number of amides is 1. The summed E-state index contributed by atoms with van der Waals surface area (Å²) in [6.07, 6.45) is -6.76. The average molecular weight is 363 g/mol. The van der Waals surface area contributed by atoms with E-state index < -0.39 is 23.7 Å². The zero-order chi connectivity index (χ0) is 19.0. The SMILES string of the molecule is CC(C)Cn1[nH]c(CC(=O)N2CCOC(C(F)(F)F)C2(C)C)cc1=O. The summed E-state index contributed by atoms with van der Waals surface area (Å²) < 4.78 is 45.8. The molecule has 1 aliphatic rings. The highest BCUT2D eigenvalue weighted by Gasteiger charge is 2.55. The van der Waals surface area contributed by atoms with Gasteiger partial charge in [-0.25, -0.2) is 0 Å². The van der Waals surface area contributed by atoms with Gasteiger partial charge in [0.15, 0.2) is 6.10 Å². The van der Waals surface area contributed by atoms with Crippen LogP contribution in [0.2, 0.25) is 0 Å². The van der Waals surface area contributed by atoms with Gasteiger partial charge < -0.3 is 9.64 Å². The standard InChI is InChI=1S/C16H24F3N3O3/c1-10(2)9-22-13(24)8-11(20-22)7-12(23)21-5-6-25-14(15(21,3)4)16(17,18)19/h8,10,14,20H,5-7,9H2,1-4H3. The number of nitrogens with one attached hydrogen (secondary N) is 1. The monoisotopic (exact) mass is 363 g/mol. The highest BCUT2D eigenvalue weighted by Crippen LogP contribution is 2.37. The van der Waals surface area contributed by atoms with Crippen molar-refractivity contribution < 1.29 is 22.7 Å². The van der Waals surface area contributed by atoms with Crippen molar-refractivity contribution in [3.05, 3.63) is 22.1 Å². The summed E-state index contributed by atoms with van der Waals surface area (Å²) in [5.41, 5.74) is -1.39. The number of aromatic nitrogens is 2. The van der Waals surface area contributed by atoms with E-state index in [1.165, 1.54) is 29.5 Å². The number of aromatic amines is 1. The summed E-state index contributed by atoms with van der Waals surface area (Å²) in [5, 5.41) is 2.85. The van der Waals surface area contributed by atoms with E-state index in [4.69, 9.17) is 4.74 Å². The van der Waals surface area contributed by atoms with Gasteiger partial charge >= 0.3 is 6.18 Å². The Balaban J connectivity index is 2.16. The normalized spacial score (nSPS) is 21.0. The fourth-order valence-corrected chi connectivity index (χ4v) is 3.17. The number of alkyl halides is 3. The molecule has 1 atom stereocenters. The molecule has 1 unspecified atom stereocenters. The molecular formula is C16H24F3N3O3. The molecule has 1 fully saturated rings. The Morgan fingerprint density at radius 2 is 2.08 bits per heavy atom. The number of hydrogen-bond donors (Lipinski definition) is 1. The molecule has 6 nitrogen and oxygen atoms in total. The maximum Gasteiger partial charge on any atom is 0.416 e. The molecule has 1 N–H and O–H groups in total. The van der Waals surface area contributed by atoms with Gasteiger partial charge in [0.25, 0.3) is 5.56 Å². The quantitative estimate of drug-likeness (QED) is 0.889. The van der Waals surface area contributed by atoms with Crippen LogP contribution in [0.25, 0.3) is 0 Å². The van der Waals surface area contributed by atoms with Gasteiger partial charge in [-0.15, -0.1) is 0 Å². The maximum absolute atomic E-state index is 13.2. The fraction of sp³-hybridized carbons (Fsp3) is 0.750. The average Bonchev–Trinajstić information content (AvgIpc) is 2.75. The van der Waals surface area contributed by atoms with Crippen molar-refractivity contribution in [2.24, 2.45) is 5.92 Å². The van der Waals surface area contributed by atoms with Gasteiger partial charge in [0.05, 0.1) is 18.6 Å². The summed E-state index contributed by atoms with van der Waals surface area (Å²) in [6.45, 7) is 6.97. The minimum Gasteiger partial charge on any atom is -0.364 e. The van der Waals surface area contributed by atoms with Crippen molar-refractivity contribution in [3.8, 4) is 0 Å². The second kappa shape index (κ2) is 6.86. The van der Waals surface area contributed by atoms with Gasteiger partial charge in [-0.3, -0.25) is 19.4 Å². The number of carbonyl (C=O) groups is 1. The first-order chi connectivity index (χ1) is 11.4. The lowest BCUT2D eigenvalue weighted by Gasteiger charge is -2.47. The summed E-state index contributed by atoms with van der Waals surface area (Å²) >= 11 is 0. The van der Waals surface area contributed by atoms with Crippen molar-refractivity contribution in [1.82, 2.24) is 14.7 Å². The number of ether oxygens (including phenoxy) is 1. The van der Waals surface area contributed by atoms with Crippen LogP contribution in [0.15, 0.2) is 10.9 Å². The third-order valence-electron chi connectivity index (χ3n) is 4.27. The molecule has 25 heavy (non-hydrogen) atoms. The van der Waals surface area contributed by atoms with Crippen molar-refractivity contribution in [2.45, 2.75) is 58.5 Å². The van der Waals surface area contributed by atoms with E-state index in [1.54, 1.807) is 0 Å². The van der Waals surface area contributed by atoms with Gasteiger partial charge in [0, 0.05) is 24.8 Å². The summed E-state index contributed by atoms with van der Waals surface area (Å²) in [7, 11) is 0. The van der Waals surface area contributed by atoms with Gasteiger partial charge in [-0.05, 0) is 19.8 Å². The number of halogens is 3. The van der Waals surface area contributed by atoms with E-state index in [9.17, 15) is 22.8 Å². The Morgan fingerprint density at radius 1 is 1.44 bits per heavy atom. The molecule has 1 saturated heterocycles. The molecule has 0 saturated carbocycles. The first-order valence-electron chi connectivity index (χ1n) is 8.20. The number of hydrogen-bond acceptors (Lipinski definition) is 3. The number of nitrogens with zero attached hydrogens (tertiary/aromatic N) is 2. The molecule has 0 aromatic carbocycles. The highest BCUT2D eigenvalue weighted by molar-refractivity contribution is 5.79. The fourth-order valence-electron chi connectivity index (χ4n) is 3.17. The Morgan fingerprint density at radius 3 is 2.64 bits per heavy atom. The Kier molecular flexibility index (Phi) is 5.36. The van der Waals surface area contributed by atoms with Gasteiger partial charge in [0.1, 0.15) is 0 Å². The molecule has 9 heteroatoms. The molecule has 2 heterocycles. The zero-order valence-corrected chi connectivity index (χ0v) is 14.8. The van der Waals surface area contributed by atoms with Crippen LogP contribution in [0, 0.1) is 5.92 Å². The molecule has 0 bridgehead atoms. The number of H-pyrrole nitrogens is 1.